The van der Waals surface area contributed by atoms with Gasteiger partial charge < -0.3 is 5.11 Å². The Kier molecular flexibility index (Phi) is 4.76. The van der Waals surface area contributed by atoms with Crippen LogP contribution in [-0.2, 0) is 11.3 Å². The molecule has 6 heteroatoms. The third-order valence-corrected chi connectivity index (χ3v) is 2.66. The van der Waals surface area contributed by atoms with Crippen molar-refractivity contribution >= 4 is 18.1 Å². The molecule has 1 aromatic carbocycles. The molecule has 0 radical (unpaired) electrons. The van der Waals surface area contributed by atoms with E-state index in [0.717, 1.165) is 0 Å². The van der Waals surface area contributed by atoms with E-state index in [9.17, 15) is 9.59 Å². The Morgan fingerprint density at radius 2 is 1.81 bits per heavy atom. The number of aromatic carboxylic acids is 1. The van der Waals surface area contributed by atoms with Crippen LogP contribution in [0.2, 0.25) is 0 Å². The van der Waals surface area contributed by atoms with Gasteiger partial charge in [0.1, 0.15) is 0 Å². The highest BCUT2D eigenvalue weighted by molar-refractivity contribution is 5.89. The summed E-state index contributed by atoms with van der Waals surface area (Å²) in [5.41, 5.74) is 3.32. The van der Waals surface area contributed by atoms with Gasteiger partial charge in [-0.25, -0.2) is 10.2 Å². The first-order valence-electron chi connectivity index (χ1n) is 6.24. The van der Waals surface area contributed by atoms with Crippen LogP contribution < -0.4 is 9.99 Å². The lowest BCUT2D eigenvalue weighted by molar-refractivity contribution is -0.684. The lowest BCUT2D eigenvalue weighted by Crippen LogP contribution is -2.40. The molecule has 106 valence electrons. The molecule has 0 unspecified atom stereocenters. The Morgan fingerprint density at radius 1 is 1.14 bits per heavy atom. The minimum atomic E-state index is -0.980. The highest BCUT2D eigenvalue weighted by Gasteiger charge is 2.06. The maximum Gasteiger partial charge on any atom is 0.335 e. The second-order valence-electron chi connectivity index (χ2n) is 4.27. The minimum absolute atomic E-state index is 0.177. The average molecular weight is 284 g/mol. The number of nitrogens with zero attached hydrogens (tertiary/aromatic N) is 2. The fraction of sp³-hybridized carbons (Fsp3) is 0.0667. The summed E-state index contributed by atoms with van der Waals surface area (Å²) in [6.45, 7) is 0.177. The minimum Gasteiger partial charge on any atom is -0.478 e. The number of pyridine rings is 1. The van der Waals surface area contributed by atoms with E-state index in [2.05, 4.69) is 10.5 Å². The van der Waals surface area contributed by atoms with Gasteiger partial charge in [-0.3, -0.25) is 4.79 Å². The second kappa shape index (κ2) is 6.95. The van der Waals surface area contributed by atoms with E-state index < -0.39 is 5.97 Å². The van der Waals surface area contributed by atoms with E-state index in [-0.39, 0.29) is 18.0 Å². The van der Waals surface area contributed by atoms with Crippen LogP contribution >= 0.6 is 0 Å². The molecule has 0 aliphatic heterocycles. The monoisotopic (exact) mass is 284 g/mol. The molecule has 1 amide bonds. The summed E-state index contributed by atoms with van der Waals surface area (Å²) in [7, 11) is 0. The fourth-order valence-corrected chi connectivity index (χ4v) is 1.63. The van der Waals surface area contributed by atoms with Gasteiger partial charge in [0.05, 0.1) is 11.8 Å². The summed E-state index contributed by atoms with van der Waals surface area (Å²) in [5, 5.41) is 12.6. The van der Waals surface area contributed by atoms with Gasteiger partial charge in [-0.05, 0) is 17.7 Å². The van der Waals surface area contributed by atoms with Crippen LogP contribution in [0.25, 0.3) is 0 Å². The molecular weight excluding hydrogens is 270 g/mol. The van der Waals surface area contributed by atoms with Crippen LogP contribution in [0, 0.1) is 0 Å². The molecule has 2 rings (SSSR count). The van der Waals surface area contributed by atoms with E-state index in [4.69, 9.17) is 5.11 Å². The predicted octanol–water partition coefficient (Wildman–Crippen LogP) is 0.823. The number of carboxylic acids is 1. The molecule has 0 bridgehead atoms. The van der Waals surface area contributed by atoms with E-state index in [1.807, 2.05) is 18.2 Å². The maximum atomic E-state index is 11.6. The number of hydrazone groups is 1. The van der Waals surface area contributed by atoms with E-state index in [1.54, 1.807) is 29.1 Å². The van der Waals surface area contributed by atoms with Gasteiger partial charge in [0, 0.05) is 12.1 Å². The van der Waals surface area contributed by atoms with Gasteiger partial charge in [0.25, 0.3) is 0 Å². The standard InChI is InChI=1S/C15H13N3O3/c19-14(11-18-8-2-1-3-9-18)17-16-10-12-4-6-13(7-5-12)15(20)21/h1-10H,11H2,(H-,17,19,20,21)/p+1. The quantitative estimate of drug-likeness (QED) is 0.484. The normalized spacial score (nSPS) is 10.5. The summed E-state index contributed by atoms with van der Waals surface area (Å²) in [6, 6.07) is 11.7. The Morgan fingerprint density at radius 3 is 2.43 bits per heavy atom. The molecule has 6 nitrogen and oxygen atoms in total. The predicted molar refractivity (Wildman–Crippen MR) is 75.8 cm³/mol. The first-order valence-corrected chi connectivity index (χ1v) is 6.24. The molecule has 0 fully saturated rings. The summed E-state index contributed by atoms with van der Waals surface area (Å²) < 4.78 is 1.73. The van der Waals surface area contributed by atoms with Crippen LogP contribution in [-0.4, -0.2) is 23.2 Å². The van der Waals surface area contributed by atoms with Crippen molar-refractivity contribution < 1.29 is 19.3 Å². The van der Waals surface area contributed by atoms with Gasteiger partial charge in [-0.1, -0.05) is 18.2 Å². The molecule has 0 atom stereocenters. The van der Waals surface area contributed by atoms with Crippen molar-refractivity contribution in [3.63, 3.8) is 0 Å². The third-order valence-electron chi connectivity index (χ3n) is 2.66. The van der Waals surface area contributed by atoms with Crippen molar-refractivity contribution in [1.82, 2.24) is 5.43 Å². The van der Waals surface area contributed by atoms with Gasteiger partial charge in [-0.15, -0.1) is 0 Å². The highest BCUT2D eigenvalue weighted by Crippen LogP contribution is 2.02. The molecule has 0 aliphatic carbocycles. The molecule has 0 aliphatic rings. The molecule has 2 N–H and O–H groups in total. The smallest absolute Gasteiger partial charge is 0.335 e. The Bertz CT molecular complexity index is 652. The molecule has 1 aromatic heterocycles. The number of benzene rings is 1. The van der Waals surface area contributed by atoms with Crippen molar-refractivity contribution in [1.29, 1.82) is 0 Å². The van der Waals surface area contributed by atoms with Crippen molar-refractivity contribution in [3.05, 3.63) is 66.0 Å². The molecule has 0 saturated heterocycles. The fourth-order valence-electron chi connectivity index (χ4n) is 1.63. The topological polar surface area (TPSA) is 82.6 Å². The molecular formula is C15H14N3O3+. The lowest BCUT2D eigenvalue weighted by atomic mass is 10.1. The molecule has 2 aromatic rings. The Hall–Kier alpha value is -3.02. The van der Waals surface area contributed by atoms with Gasteiger partial charge in [0.2, 0.25) is 6.54 Å². The number of carbonyl (C=O) groups excluding carboxylic acids is 1. The van der Waals surface area contributed by atoms with Gasteiger partial charge in [-0.2, -0.15) is 9.67 Å². The first-order chi connectivity index (χ1) is 10.1. The van der Waals surface area contributed by atoms with Gasteiger partial charge in [0.15, 0.2) is 12.4 Å². The Labute approximate surface area is 121 Å². The third kappa shape index (κ3) is 4.54. The number of carboxylic acid groups (broad SMARTS) is 1. The van der Waals surface area contributed by atoms with Crippen LogP contribution in [0.3, 0.4) is 0 Å². The zero-order valence-corrected chi connectivity index (χ0v) is 11.1. The van der Waals surface area contributed by atoms with E-state index in [0.29, 0.717) is 5.56 Å². The number of hydrogen-bond donors (Lipinski definition) is 2. The SMILES string of the molecule is O=C(C[n+]1ccccc1)NN=Cc1ccc(C(=O)O)cc1. The largest absolute Gasteiger partial charge is 0.478 e. The Balaban J connectivity index is 1.87. The summed E-state index contributed by atoms with van der Waals surface area (Å²) >= 11 is 0. The number of aromatic nitrogens is 1. The summed E-state index contributed by atoms with van der Waals surface area (Å²) in [4.78, 5) is 22.3. The van der Waals surface area contributed by atoms with E-state index in [1.165, 1.54) is 18.3 Å². The van der Waals surface area contributed by atoms with Crippen molar-refractivity contribution in [2.24, 2.45) is 5.10 Å². The number of carbonyl (C=O) groups is 2. The van der Waals surface area contributed by atoms with Crippen LogP contribution in [0.5, 0.6) is 0 Å². The number of nitrogens with one attached hydrogen (secondary N) is 1. The van der Waals surface area contributed by atoms with Crippen LogP contribution in [0.1, 0.15) is 15.9 Å². The van der Waals surface area contributed by atoms with Crippen molar-refractivity contribution in [2.75, 3.05) is 0 Å². The number of hydrogen-bond acceptors (Lipinski definition) is 3. The lowest BCUT2D eigenvalue weighted by Gasteiger charge is -1.97. The van der Waals surface area contributed by atoms with Crippen molar-refractivity contribution in [3.8, 4) is 0 Å². The number of amides is 1. The van der Waals surface area contributed by atoms with E-state index >= 15 is 0 Å². The zero-order chi connectivity index (χ0) is 15.1. The zero-order valence-electron chi connectivity index (χ0n) is 11.1. The number of rotatable bonds is 5. The van der Waals surface area contributed by atoms with Crippen LogP contribution in [0.4, 0.5) is 0 Å². The highest BCUT2D eigenvalue weighted by atomic mass is 16.4. The molecule has 21 heavy (non-hydrogen) atoms. The molecule has 0 saturated carbocycles. The van der Waals surface area contributed by atoms with Crippen molar-refractivity contribution in [2.45, 2.75) is 6.54 Å². The summed E-state index contributed by atoms with van der Waals surface area (Å²) in [6.07, 6.45) is 5.03. The average Bonchev–Trinajstić information content (AvgIpc) is 2.49. The molecule has 1 heterocycles. The molecule has 0 spiro atoms. The van der Waals surface area contributed by atoms with Gasteiger partial charge >= 0.3 is 11.9 Å². The second-order valence-corrected chi connectivity index (χ2v) is 4.27. The maximum absolute atomic E-state index is 11.6. The summed E-state index contributed by atoms with van der Waals surface area (Å²) in [5.74, 6) is -1.23. The van der Waals surface area contributed by atoms with Crippen LogP contribution in [0.15, 0.2) is 60.0 Å². The first kappa shape index (κ1) is 14.4.